The highest BCUT2D eigenvalue weighted by Gasteiger charge is 2.25. The number of hydrogen-bond donors (Lipinski definition) is 2. The van der Waals surface area contributed by atoms with E-state index in [2.05, 4.69) is 38.9 Å². The van der Waals surface area contributed by atoms with Gasteiger partial charge in [0.05, 0.1) is 24.9 Å². The zero-order valence-electron chi connectivity index (χ0n) is 15.4. The second kappa shape index (κ2) is 8.78. The fraction of sp³-hybridized carbons (Fsp3) is 0.778. The Balaban J connectivity index is 1.45. The molecule has 3 atom stereocenters. The highest BCUT2D eigenvalue weighted by atomic mass is 16.5. The van der Waals surface area contributed by atoms with Crippen molar-refractivity contribution in [2.45, 2.75) is 51.4 Å². The fourth-order valence-electron chi connectivity index (χ4n) is 3.91. The van der Waals surface area contributed by atoms with Crippen LogP contribution in [0.3, 0.4) is 0 Å². The summed E-state index contributed by atoms with van der Waals surface area (Å²) in [5, 5.41) is 12.9. The molecule has 1 aromatic heterocycles. The van der Waals surface area contributed by atoms with E-state index in [1.807, 2.05) is 6.07 Å². The van der Waals surface area contributed by atoms with Crippen molar-refractivity contribution in [3.05, 3.63) is 12.4 Å². The van der Waals surface area contributed by atoms with Crippen LogP contribution in [0, 0.1) is 0 Å². The number of ether oxygens (including phenoxy) is 1. The topological polar surface area (TPSA) is 73.8 Å². The number of nitrogens with one attached hydrogen (secondary N) is 1. The van der Waals surface area contributed by atoms with Crippen molar-refractivity contribution in [1.29, 1.82) is 0 Å². The van der Waals surface area contributed by atoms with Crippen molar-refractivity contribution < 1.29 is 9.84 Å². The number of aliphatic hydroxyl groups is 1. The fourth-order valence-corrected chi connectivity index (χ4v) is 3.91. The van der Waals surface area contributed by atoms with E-state index in [4.69, 9.17) is 4.74 Å². The molecular formula is C18H31N5O2. The van der Waals surface area contributed by atoms with Crippen LogP contribution >= 0.6 is 0 Å². The molecule has 0 amide bonds. The number of aromatic nitrogens is 2. The van der Waals surface area contributed by atoms with Crippen molar-refractivity contribution in [3.63, 3.8) is 0 Å². The van der Waals surface area contributed by atoms with E-state index in [-0.39, 0.29) is 12.6 Å². The maximum Gasteiger partial charge on any atom is 0.134 e. The van der Waals surface area contributed by atoms with Crippen molar-refractivity contribution in [2.75, 3.05) is 49.5 Å². The van der Waals surface area contributed by atoms with Crippen molar-refractivity contribution in [2.24, 2.45) is 0 Å². The molecule has 0 aliphatic carbocycles. The summed E-state index contributed by atoms with van der Waals surface area (Å²) in [7, 11) is 0. The molecule has 2 saturated heterocycles. The average molecular weight is 349 g/mol. The molecule has 7 nitrogen and oxygen atoms in total. The van der Waals surface area contributed by atoms with Gasteiger partial charge in [-0.25, -0.2) is 9.97 Å². The Hall–Kier alpha value is -1.44. The molecular weight excluding hydrogens is 318 g/mol. The zero-order chi connectivity index (χ0) is 17.6. The van der Waals surface area contributed by atoms with Gasteiger partial charge in [0.15, 0.2) is 0 Å². The highest BCUT2D eigenvalue weighted by molar-refractivity contribution is 5.49. The molecule has 0 bridgehead atoms. The summed E-state index contributed by atoms with van der Waals surface area (Å²) in [5.41, 5.74) is 0. The predicted molar refractivity (Wildman–Crippen MR) is 99.0 cm³/mol. The summed E-state index contributed by atoms with van der Waals surface area (Å²) in [5.74, 6) is 1.77. The highest BCUT2D eigenvalue weighted by Crippen LogP contribution is 2.24. The first-order valence-corrected chi connectivity index (χ1v) is 9.47. The second-order valence-electron chi connectivity index (χ2n) is 7.23. The van der Waals surface area contributed by atoms with Crippen LogP contribution in [0.5, 0.6) is 0 Å². The Bertz CT molecular complexity index is 534. The van der Waals surface area contributed by atoms with Gasteiger partial charge in [-0.1, -0.05) is 0 Å². The lowest BCUT2D eigenvalue weighted by molar-refractivity contribution is -0.0678. The van der Waals surface area contributed by atoms with Crippen molar-refractivity contribution in [1.82, 2.24) is 14.9 Å². The standard InChI is InChI=1S/C18H31N5O2/c1-14-10-22(11-15(2)25-14)7-4-6-19-17-9-18(21-13-20-17)23-8-3-5-16(23)12-24/h9,13-16,24H,3-8,10-12H2,1-2H3,(H,19,20,21)/t14-,15+,16-/m0/s1. The Morgan fingerprint density at radius 2 is 2.08 bits per heavy atom. The molecule has 25 heavy (non-hydrogen) atoms. The number of anilines is 2. The summed E-state index contributed by atoms with van der Waals surface area (Å²) in [6, 6.07) is 2.18. The molecule has 3 rings (SSSR count). The molecule has 0 radical (unpaired) electrons. The summed E-state index contributed by atoms with van der Waals surface area (Å²) in [4.78, 5) is 13.4. The summed E-state index contributed by atoms with van der Waals surface area (Å²) in [6.07, 6.45) is 5.45. The van der Waals surface area contributed by atoms with Gasteiger partial charge in [-0.15, -0.1) is 0 Å². The lowest BCUT2D eigenvalue weighted by Gasteiger charge is -2.35. The minimum absolute atomic E-state index is 0.184. The number of rotatable bonds is 7. The van der Waals surface area contributed by atoms with E-state index in [9.17, 15) is 5.11 Å². The molecule has 0 spiro atoms. The number of nitrogens with zero attached hydrogens (tertiary/aromatic N) is 4. The molecule has 0 saturated carbocycles. The van der Waals surface area contributed by atoms with Crippen molar-refractivity contribution >= 4 is 11.6 Å². The van der Waals surface area contributed by atoms with Gasteiger partial charge >= 0.3 is 0 Å². The van der Waals surface area contributed by atoms with Crippen LogP contribution in [0.2, 0.25) is 0 Å². The molecule has 0 unspecified atom stereocenters. The molecule has 3 heterocycles. The first-order valence-electron chi connectivity index (χ1n) is 9.47. The van der Waals surface area contributed by atoms with Crippen LogP contribution in [-0.2, 0) is 4.74 Å². The zero-order valence-corrected chi connectivity index (χ0v) is 15.4. The third-order valence-electron chi connectivity index (χ3n) is 4.99. The second-order valence-corrected chi connectivity index (χ2v) is 7.23. The third kappa shape index (κ3) is 5.03. The number of aliphatic hydroxyl groups excluding tert-OH is 1. The van der Waals surface area contributed by atoms with E-state index in [0.717, 1.165) is 63.6 Å². The van der Waals surface area contributed by atoms with E-state index in [1.54, 1.807) is 6.33 Å². The lowest BCUT2D eigenvalue weighted by atomic mass is 10.2. The van der Waals surface area contributed by atoms with Gasteiger partial charge in [-0.05, 0) is 33.1 Å². The molecule has 2 aliphatic heterocycles. The first kappa shape index (κ1) is 18.4. The Kier molecular flexibility index (Phi) is 6.45. The SMILES string of the molecule is C[C@@H]1CN(CCCNc2cc(N3CCC[C@H]3CO)ncn2)C[C@H](C)O1. The molecule has 140 valence electrons. The maximum atomic E-state index is 9.49. The summed E-state index contributed by atoms with van der Waals surface area (Å²) >= 11 is 0. The van der Waals surface area contributed by atoms with Crippen LogP contribution in [0.4, 0.5) is 11.6 Å². The Morgan fingerprint density at radius 3 is 2.84 bits per heavy atom. The van der Waals surface area contributed by atoms with Gasteiger partial charge in [-0.3, -0.25) is 4.90 Å². The van der Waals surface area contributed by atoms with Crippen LogP contribution in [0.15, 0.2) is 12.4 Å². The third-order valence-corrected chi connectivity index (χ3v) is 4.99. The van der Waals surface area contributed by atoms with Crippen LogP contribution < -0.4 is 10.2 Å². The van der Waals surface area contributed by atoms with Gasteiger partial charge in [0, 0.05) is 38.8 Å². The van der Waals surface area contributed by atoms with Gasteiger partial charge in [0.2, 0.25) is 0 Å². The molecule has 7 heteroatoms. The van der Waals surface area contributed by atoms with Gasteiger partial charge in [0.25, 0.3) is 0 Å². The minimum atomic E-state index is 0.184. The quantitative estimate of drug-likeness (QED) is 0.720. The molecule has 2 N–H and O–H groups in total. The Labute approximate surface area is 150 Å². The summed E-state index contributed by atoms with van der Waals surface area (Å²) < 4.78 is 5.78. The van der Waals surface area contributed by atoms with E-state index in [0.29, 0.717) is 12.2 Å². The molecule has 1 aromatic rings. The number of hydrogen-bond acceptors (Lipinski definition) is 7. The average Bonchev–Trinajstić information content (AvgIpc) is 3.07. The molecule has 2 aliphatic rings. The monoisotopic (exact) mass is 349 g/mol. The van der Waals surface area contributed by atoms with Crippen molar-refractivity contribution in [3.8, 4) is 0 Å². The van der Waals surface area contributed by atoms with Crippen LogP contribution in [0.1, 0.15) is 33.1 Å². The Morgan fingerprint density at radius 1 is 1.28 bits per heavy atom. The van der Waals surface area contributed by atoms with E-state index in [1.165, 1.54) is 0 Å². The molecule has 2 fully saturated rings. The van der Waals surface area contributed by atoms with Crippen LogP contribution in [0.25, 0.3) is 0 Å². The maximum absolute atomic E-state index is 9.49. The summed E-state index contributed by atoms with van der Waals surface area (Å²) in [6.45, 7) is 9.40. The normalized spacial score (nSPS) is 27.6. The smallest absolute Gasteiger partial charge is 0.134 e. The largest absolute Gasteiger partial charge is 0.394 e. The number of morpholine rings is 1. The predicted octanol–water partition coefficient (Wildman–Crippen LogP) is 1.35. The van der Waals surface area contributed by atoms with E-state index >= 15 is 0 Å². The van der Waals surface area contributed by atoms with Gasteiger partial charge in [0.1, 0.15) is 18.0 Å². The lowest BCUT2D eigenvalue weighted by Crippen LogP contribution is -2.45. The van der Waals surface area contributed by atoms with Gasteiger partial charge < -0.3 is 20.1 Å². The first-order chi connectivity index (χ1) is 12.2. The van der Waals surface area contributed by atoms with Gasteiger partial charge in [-0.2, -0.15) is 0 Å². The molecule has 0 aromatic carbocycles. The van der Waals surface area contributed by atoms with Crippen LogP contribution in [-0.4, -0.2) is 77.6 Å². The van der Waals surface area contributed by atoms with E-state index < -0.39 is 0 Å². The minimum Gasteiger partial charge on any atom is -0.394 e.